The summed E-state index contributed by atoms with van der Waals surface area (Å²) in [5, 5.41) is 2.40. The number of nitrogens with one attached hydrogen (secondary N) is 1. The molecule has 0 aliphatic carbocycles. The summed E-state index contributed by atoms with van der Waals surface area (Å²) in [4.78, 5) is 11.3. The van der Waals surface area contributed by atoms with Gasteiger partial charge in [0.15, 0.2) is 5.76 Å². The Hall–Kier alpha value is -1.00. The molecule has 0 aliphatic heterocycles. The van der Waals surface area contributed by atoms with Gasteiger partial charge in [0, 0.05) is 13.7 Å². The Morgan fingerprint density at radius 1 is 1.79 bits per heavy atom. The van der Waals surface area contributed by atoms with Crippen molar-refractivity contribution in [2.24, 2.45) is 0 Å². The molecule has 1 rings (SSSR count). The number of hydrogen-bond acceptors (Lipinski definition) is 3. The Morgan fingerprint density at radius 2 is 2.57 bits per heavy atom. The van der Waals surface area contributed by atoms with Crippen LogP contribution in [0.3, 0.4) is 0 Å². The number of hydrogen-bond donors (Lipinski definition) is 1. The van der Waals surface area contributed by atoms with Gasteiger partial charge in [0.1, 0.15) is 0 Å². The zero-order chi connectivity index (χ0) is 10.4. The molecule has 0 aromatic carbocycles. The molecule has 0 saturated heterocycles. The summed E-state index contributed by atoms with van der Waals surface area (Å²) in [5.41, 5.74) is 0. The third kappa shape index (κ3) is 3.40. The maximum Gasteiger partial charge on any atom is 0.287 e. The van der Waals surface area contributed by atoms with Crippen LogP contribution >= 0.6 is 11.6 Å². The number of rotatable bonds is 5. The van der Waals surface area contributed by atoms with E-state index in [-0.39, 0.29) is 17.0 Å². The van der Waals surface area contributed by atoms with Gasteiger partial charge >= 0.3 is 0 Å². The van der Waals surface area contributed by atoms with E-state index in [0.717, 1.165) is 0 Å². The van der Waals surface area contributed by atoms with E-state index < -0.39 is 0 Å². The van der Waals surface area contributed by atoms with Crippen LogP contribution in [0.2, 0.25) is 0 Å². The molecule has 5 heteroatoms. The van der Waals surface area contributed by atoms with Crippen molar-refractivity contribution in [3.8, 4) is 0 Å². The van der Waals surface area contributed by atoms with Gasteiger partial charge in [0.05, 0.1) is 18.2 Å². The molecule has 1 amide bonds. The quantitative estimate of drug-likeness (QED) is 0.756. The van der Waals surface area contributed by atoms with Crippen molar-refractivity contribution >= 4 is 17.5 Å². The number of furan rings is 1. The van der Waals surface area contributed by atoms with E-state index in [0.29, 0.717) is 13.2 Å². The average molecular weight is 218 g/mol. The van der Waals surface area contributed by atoms with E-state index in [9.17, 15) is 4.79 Å². The van der Waals surface area contributed by atoms with Gasteiger partial charge in [-0.3, -0.25) is 4.79 Å². The minimum atomic E-state index is -0.267. The largest absolute Gasteiger partial charge is 0.459 e. The normalized spacial score (nSPS) is 12.4. The van der Waals surface area contributed by atoms with Crippen LogP contribution in [0.4, 0.5) is 0 Å². The molecule has 0 spiro atoms. The Morgan fingerprint density at radius 3 is 3.14 bits per heavy atom. The van der Waals surface area contributed by atoms with Gasteiger partial charge in [-0.05, 0) is 12.1 Å². The maximum absolute atomic E-state index is 11.3. The molecule has 14 heavy (non-hydrogen) atoms. The number of halogens is 1. The molecule has 1 unspecified atom stereocenters. The van der Waals surface area contributed by atoms with E-state index >= 15 is 0 Å². The molecule has 1 aromatic heterocycles. The second-order valence-electron chi connectivity index (χ2n) is 2.74. The van der Waals surface area contributed by atoms with Gasteiger partial charge in [0.2, 0.25) is 0 Å². The number of methoxy groups -OCH3 is 1. The molecular weight excluding hydrogens is 206 g/mol. The average Bonchev–Trinajstić information content (AvgIpc) is 2.67. The highest BCUT2D eigenvalue weighted by atomic mass is 35.5. The second kappa shape index (κ2) is 5.67. The van der Waals surface area contributed by atoms with E-state index in [1.54, 1.807) is 19.2 Å². The lowest BCUT2D eigenvalue weighted by atomic mass is 10.4. The van der Waals surface area contributed by atoms with E-state index in [1.807, 2.05) is 0 Å². The fourth-order valence-corrected chi connectivity index (χ4v) is 1.14. The lowest BCUT2D eigenvalue weighted by Crippen LogP contribution is -2.31. The van der Waals surface area contributed by atoms with Gasteiger partial charge < -0.3 is 14.5 Å². The highest BCUT2D eigenvalue weighted by Gasteiger charge is 2.10. The third-order valence-corrected chi connectivity index (χ3v) is 1.86. The first-order valence-electron chi connectivity index (χ1n) is 4.18. The molecule has 78 valence electrons. The summed E-state index contributed by atoms with van der Waals surface area (Å²) in [5.74, 6) is 0.0167. The van der Waals surface area contributed by atoms with E-state index in [2.05, 4.69) is 5.32 Å². The summed E-state index contributed by atoms with van der Waals surface area (Å²) >= 11 is 5.82. The van der Waals surface area contributed by atoms with Crippen LogP contribution < -0.4 is 5.32 Å². The second-order valence-corrected chi connectivity index (χ2v) is 3.36. The molecule has 1 atom stereocenters. The molecule has 0 aliphatic rings. The SMILES string of the molecule is COCC(Cl)CNC(=O)c1ccco1. The van der Waals surface area contributed by atoms with Crippen LogP contribution in [0.15, 0.2) is 22.8 Å². The first-order valence-corrected chi connectivity index (χ1v) is 4.62. The first-order chi connectivity index (χ1) is 6.74. The predicted molar refractivity (Wildman–Crippen MR) is 52.6 cm³/mol. The van der Waals surface area contributed by atoms with Gasteiger partial charge in [-0.1, -0.05) is 0 Å². The van der Waals surface area contributed by atoms with Crippen molar-refractivity contribution in [3.05, 3.63) is 24.2 Å². The van der Waals surface area contributed by atoms with Gasteiger partial charge in [-0.25, -0.2) is 0 Å². The summed E-state index contributed by atoms with van der Waals surface area (Å²) in [6.45, 7) is 0.759. The molecule has 1 heterocycles. The number of carbonyl (C=O) groups excluding carboxylic acids is 1. The molecule has 0 bridgehead atoms. The summed E-state index contributed by atoms with van der Waals surface area (Å²) in [6, 6.07) is 3.25. The Labute approximate surface area is 87.2 Å². The molecule has 0 fully saturated rings. The van der Waals surface area contributed by atoms with Crippen molar-refractivity contribution in [2.45, 2.75) is 5.38 Å². The smallest absolute Gasteiger partial charge is 0.287 e. The highest BCUT2D eigenvalue weighted by Crippen LogP contribution is 2.00. The summed E-state index contributed by atoms with van der Waals surface area (Å²) in [6.07, 6.45) is 1.45. The number of carbonyl (C=O) groups is 1. The minimum Gasteiger partial charge on any atom is -0.459 e. The maximum atomic E-state index is 11.3. The van der Waals surface area contributed by atoms with Crippen molar-refractivity contribution in [1.29, 1.82) is 0 Å². The van der Waals surface area contributed by atoms with E-state index in [4.69, 9.17) is 20.8 Å². The van der Waals surface area contributed by atoms with Crippen molar-refractivity contribution in [1.82, 2.24) is 5.32 Å². The molecule has 1 N–H and O–H groups in total. The van der Waals surface area contributed by atoms with Crippen LogP contribution in [0.1, 0.15) is 10.6 Å². The monoisotopic (exact) mass is 217 g/mol. The van der Waals surface area contributed by atoms with Crippen molar-refractivity contribution < 1.29 is 13.9 Å². The lowest BCUT2D eigenvalue weighted by molar-refractivity contribution is 0.0921. The number of alkyl halides is 1. The lowest BCUT2D eigenvalue weighted by Gasteiger charge is -2.08. The van der Waals surface area contributed by atoms with Crippen molar-refractivity contribution in [3.63, 3.8) is 0 Å². The van der Waals surface area contributed by atoms with Crippen LogP contribution in [0.5, 0.6) is 0 Å². The van der Waals surface area contributed by atoms with Crippen LogP contribution in [0, 0.1) is 0 Å². The fraction of sp³-hybridized carbons (Fsp3) is 0.444. The van der Waals surface area contributed by atoms with Crippen LogP contribution in [-0.2, 0) is 4.74 Å². The first kappa shape index (κ1) is 11.1. The predicted octanol–water partition coefficient (Wildman–Crippen LogP) is 1.26. The molecule has 1 aromatic rings. The molecule has 4 nitrogen and oxygen atoms in total. The Bertz CT molecular complexity index is 274. The molecule has 0 saturated carbocycles. The topological polar surface area (TPSA) is 51.5 Å². The minimum absolute atomic E-state index is 0.223. The Balaban J connectivity index is 2.28. The summed E-state index contributed by atoms with van der Waals surface area (Å²) < 4.78 is 9.72. The third-order valence-electron chi connectivity index (χ3n) is 1.58. The zero-order valence-corrected chi connectivity index (χ0v) is 8.58. The van der Waals surface area contributed by atoms with Gasteiger partial charge in [-0.2, -0.15) is 0 Å². The molecule has 0 radical (unpaired) electrons. The Kier molecular flexibility index (Phi) is 4.49. The number of amides is 1. The standard InChI is InChI=1S/C9H12ClNO3/c1-13-6-7(10)5-11-9(12)8-3-2-4-14-8/h2-4,7H,5-6H2,1H3,(H,11,12). The zero-order valence-electron chi connectivity index (χ0n) is 7.83. The fourth-order valence-electron chi connectivity index (χ4n) is 0.938. The molecular formula is C9H12ClNO3. The van der Waals surface area contributed by atoms with Crippen molar-refractivity contribution in [2.75, 3.05) is 20.3 Å². The van der Waals surface area contributed by atoms with E-state index in [1.165, 1.54) is 6.26 Å². The number of ether oxygens (including phenoxy) is 1. The summed E-state index contributed by atoms with van der Waals surface area (Å²) in [7, 11) is 1.56. The van der Waals surface area contributed by atoms with Crippen LogP contribution in [-0.4, -0.2) is 31.5 Å². The van der Waals surface area contributed by atoms with Gasteiger partial charge in [0.25, 0.3) is 5.91 Å². The highest BCUT2D eigenvalue weighted by molar-refractivity contribution is 6.21. The van der Waals surface area contributed by atoms with Gasteiger partial charge in [-0.15, -0.1) is 11.6 Å². The van der Waals surface area contributed by atoms with Crippen LogP contribution in [0.25, 0.3) is 0 Å².